The quantitative estimate of drug-likeness (QED) is 0.592. The highest BCUT2D eigenvalue weighted by Gasteiger charge is 2.53. The van der Waals surface area contributed by atoms with E-state index in [-0.39, 0.29) is 30.8 Å². The predicted octanol–water partition coefficient (Wildman–Crippen LogP) is 1.24. The molecular formula is C28H39N5O4. The number of carbonyl (C=O) groups is 3. The van der Waals surface area contributed by atoms with Crippen LogP contribution in [0.4, 0.5) is 5.69 Å². The van der Waals surface area contributed by atoms with Crippen LogP contribution >= 0.6 is 0 Å². The Morgan fingerprint density at radius 2 is 1.73 bits per heavy atom. The zero-order valence-electron chi connectivity index (χ0n) is 21.5. The number of primary amides is 1. The molecule has 2 aliphatic carbocycles. The maximum Gasteiger partial charge on any atom is 0.249 e. The molecule has 1 aromatic rings. The number of ether oxygens (including phenoxy) is 1. The van der Waals surface area contributed by atoms with Crippen molar-refractivity contribution < 1.29 is 19.1 Å². The highest BCUT2D eigenvalue weighted by molar-refractivity contribution is 5.99. The second-order valence-electron chi connectivity index (χ2n) is 11.6. The Balaban J connectivity index is 1.32. The van der Waals surface area contributed by atoms with Gasteiger partial charge in [0.15, 0.2) is 5.78 Å². The second-order valence-corrected chi connectivity index (χ2v) is 11.6. The molecule has 4 atom stereocenters. The van der Waals surface area contributed by atoms with Gasteiger partial charge in [0.25, 0.3) is 0 Å². The maximum atomic E-state index is 14.3. The molecule has 4 N–H and O–H groups in total. The van der Waals surface area contributed by atoms with Crippen molar-refractivity contribution in [1.29, 1.82) is 0 Å². The average molecular weight is 510 g/mol. The Bertz CT molecular complexity index is 1060. The topological polar surface area (TPSA) is 122 Å². The number of piperazine rings is 1. The van der Waals surface area contributed by atoms with E-state index in [0.29, 0.717) is 11.1 Å². The van der Waals surface area contributed by atoms with Gasteiger partial charge in [-0.1, -0.05) is 19.3 Å². The number of benzene rings is 1. The summed E-state index contributed by atoms with van der Waals surface area (Å²) >= 11 is 0. The molecule has 200 valence electrons. The van der Waals surface area contributed by atoms with Crippen LogP contribution in [0.3, 0.4) is 0 Å². The van der Waals surface area contributed by atoms with Gasteiger partial charge >= 0.3 is 0 Å². The summed E-state index contributed by atoms with van der Waals surface area (Å²) in [6.07, 6.45) is 7.42. The number of amides is 2. The van der Waals surface area contributed by atoms with E-state index in [1.807, 2.05) is 12.1 Å². The molecule has 0 aromatic heterocycles. The van der Waals surface area contributed by atoms with Crippen LogP contribution in [-0.2, 0) is 14.3 Å². The lowest BCUT2D eigenvalue weighted by molar-refractivity contribution is -0.138. The second kappa shape index (κ2) is 10.0. The van der Waals surface area contributed by atoms with Gasteiger partial charge in [-0.3, -0.25) is 19.3 Å². The molecule has 6 rings (SSSR count). The molecule has 2 saturated carbocycles. The Morgan fingerprint density at radius 1 is 1.00 bits per heavy atom. The third-order valence-electron chi connectivity index (χ3n) is 9.55. The number of carbonyl (C=O) groups excluding carboxylic acids is 3. The van der Waals surface area contributed by atoms with Crippen LogP contribution in [-0.4, -0.2) is 91.0 Å². The molecule has 9 heteroatoms. The lowest BCUT2D eigenvalue weighted by Gasteiger charge is -2.43. The lowest BCUT2D eigenvalue weighted by Crippen LogP contribution is -2.52. The van der Waals surface area contributed by atoms with E-state index < -0.39 is 30.0 Å². The first-order chi connectivity index (χ1) is 17.9. The Morgan fingerprint density at radius 3 is 2.38 bits per heavy atom. The van der Waals surface area contributed by atoms with Crippen molar-refractivity contribution in [3.8, 4) is 0 Å². The van der Waals surface area contributed by atoms with Crippen LogP contribution in [0.1, 0.15) is 66.8 Å². The molecule has 2 amide bonds. The molecule has 0 bridgehead atoms. The van der Waals surface area contributed by atoms with Crippen LogP contribution < -0.4 is 16.4 Å². The van der Waals surface area contributed by atoms with E-state index in [2.05, 4.69) is 9.80 Å². The van der Waals surface area contributed by atoms with E-state index in [1.165, 1.54) is 19.3 Å². The molecule has 1 aromatic carbocycles. The van der Waals surface area contributed by atoms with Crippen molar-refractivity contribution in [2.45, 2.75) is 75.1 Å². The van der Waals surface area contributed by atoms with Crippen LogP contribution in [0.15, 0.2) is 18.2 Å². The molecule has 3 heterocycles. The minimum Gasteiger partial charge on any atom is -0.369 e. The number of nitrogens with two attached hydrogens (primary N) is 2. The maximum absolute atomic E-state index is 14.3. The number of rotatable bonds is 6. The largest absolute Gasteiger partial charge is 0.369 e. The van der Waals surface area contributed by atoms with Gasteiger partial charge in [-0.25, -0.2) is 0 Å². The number of fused-ring (bicyclic) bond motifs is 1. The first-order valence-corrected chi connectivity index (χ1v) is 14.1. The summed E-state index contributed by atoms with van der Waals surface area (Å²) in [5.41, 5.74) is 14.3. The van der Waals surface area contributed by atoms with Crippen molar-refractivity contribution >= 4 is 23.3 Å². The van der Waals surface area contributed by atoms with Gasteiger partial charge in [0.1, 0.15) is 18.8 Å². The van der Waals surface area contributed by atoms with Crippen molar-refractivity contribution in [3.05, 3.63) is 29.3 Å². The zero-order chi connectivity index (χ0) is 25.7. The SMILES string of the molecule is NC(=O)c1ccc(N2CCN(C3CCC3)CC2)cc1[C@@H](C(=O)N1C[C@@H](N)[C@H]2OCC(=O)[C@H]21)C1CCCC1. The lowest BCUT2D eigenvalue weighted by atomic mass is 9.80. The minimum atomic E-state index is -0.633. The van der Waals surface area contributed by atoms with Gasteiger partial charge < -0.3 is 26.0 Å². The molecule has 5 aliphatic rings. The van der Waals surface area contributed by atoms with Gasteiger partial charge in [0.05, 0.1) is 12.0 Å². The van der Waals surface area contributed by atoms with E-state index in [4.69, 9.17) is 16.2 Å². The van der Waals surface area contributed by atoms with Gasteiger partial charge in [-0.15, -0.1) is 0 Å². The van der Waals surface area contributed by atoms with Crippen LogP contribution in [0, 0.1) is 5.92 Å². The van der Waals surface area contributed by atoms with Gasteiger partial charge in [0.2, 0.25) is 11.8 Å². The first kappa shape index (κ1) is 24.8. The average Bonchev–Trinajstić information content (AvgIpc) is 3.59. The number of ketones is 1. The van der Waals surface area contributed by atoms with Gasteiger partial charge in [0, 0.05) is 50.0 Å². The summed E-state index contributed by atoms with van der Waals surface area (Å²) < 4.78 is 5.64. The smallest absolute Gasteiger partial charge is 0.249 e. The number of hydrogen-bond donors (Lipinski definition) is 2. The fourth-order valence-electron chi connectivity index (χ4n) is 7.30. The van der Waals surface area contributed by atoms with Crippen molar-refractivity contribution in [2.24, 2.45) is 17.4 Å². The Hall–Kier alpha value is -2.49. The predicted molar refractivity (Wildman–Crippen MR) is 139 cm³/mol. The highest BCUT2D eigenvalue weighted by atomic mass is 16.5. The van der Waals surface area contributed by atoms with Crippen LogP contribution in [0.2, 0.25) is 0 Å². The van der Waals surface area contributed by atoms with E-state index in [1.54, 1.807) is 11.0 Å². The summed E-state index contributed by atoms with van der Waals surface area (Å²) in [6, 6.07) is 5.50. The molecule has 0 unspecified atom stereocenters. The fraction of sp³-hybridized carbons (Fsp3) is 0.679. The highest BCUT2D eigenvalue weighted by Crippen LogP contribution is 2.42. The fourth-order valence-corrected chi connectivity index (χ4v) is 7.30. The molecule has 9 nitrogen and oxygen atoms in total. The monoisotopic (exact) mass is 509 g/mol. The third kappa shape index (κ3) is 4.45. The summed E-state index contributed by atoms with van der Waals surface area (Å²) in [5.74, 6) is -1.17. The number of anilines is 1. The van der Waals surface area contributed by atoms with Crippen LogP contribution in [0.25, 0.3) is 0 Å². The van der Waals surface area contributed by atoms with E-state index >= 15 is 0 Å². The van der Waals surface area contributed by atoms with Gasteiger partial charge in [-0.05, 0) is 55.4 Å². The molecular weight excluding hydrogens is 470 g/mol. The standard InChI is InChI=1S/C28H39N5O4/c29-22-15-33(25-23(34)16-37-26(22)25)28(36)24(17-4-1-2-5-17)21-14-19(8-9-20(21)27(30)35)32-12-10-31(11-13-32)18-6-3-7-18/h8-9,14,17-18,22,24-26H,1-7,10-13,15-16,29H2,(H2,30,35)/t22-,24+,25-,26-/m1/s1. The molecule has 3 saturated heterocycles. The summed E-state index contributed by atoms with van der Waals surface area (Å²) in [7, 11) is 0. The van der Waals surface area contributed by atoms with Crippen molar-refractivity contribution in [2.75, 3.05) is 44.2 Å². The van der Waals surface area contributed by atoms with Crippen molar-refractivity contribution in [3.63, 3.8) is 0 Å². The number of nitrogens with zero attached hydrogens (tertiary/aromatic N) is 3. The Labute approximate surface area is 218 Å². The molecule has 5 fully saturated rings. The molecule has 0 radical (unpaired) electrons. The minimum absolute atomic E-state index is 0.00420. The zero-order valence-corrected chi connectivity index (χ0v) is 21.5. The van der Waals surface area contributed by atoms with E-state index in [9.17, 15) is 14.4 Å². The summed E-state index contributed by atoms with van der Waals surface area (Å²) in [4.78, 5) is 46.1. The normalized spacial score (nSPS) is 30.0. The van der Waals surface area contributed by atoms with Crippen molar-refractivity contribution in [1.82, 2.24) is 9.80 Å². The third-order valence-corrected chi connectivity index (χ3v) is 9.55. The summed E-state index contributed by atoms with van der Waals surface area (Å²) in [6.45, 7) is 4.18. The van der Waals surface area contributed by atoms with Crippen LogP contribution in [0.5, 0.6) is 0 Å². The van der Waals surface area contributed by atoms with Gasteiger partial charge in [-0.2, -0.15) is 0 Å². The molecule has 3 aliphatic heterocycles. The number of likely N-dealkylation sites (tertiary alicyclic amines) is 1. The Kier molecular flexibility index (Phi) is 6.71. The summed E-state index contributed by atoms with van der Waals surface area (Å²) in [5, 5.41) is 0. The molecule has 37 heavy (non-hydrogen) atoms. The number of Topliss-reactive ketones (excluding diaryl/α,β-unsaturated/α-hetero) is 1. The molecule has 0 spiro atoms. The number of hydrogen-bond acceptors (Lipinski definition) is 7. The first-order valence-electron chi connectivity index (χ1n) is 14.1. The van der Waals surface area contributed by atoms with E-state index in [0.717, 1.165) is 63.6 Å².